The molecule has 0 radical (unpaired) electrons. The largest absolute Gasteiger partial charge is 0.381 e. The van der Waals surface area contributed by atoms with Crippen LogP contribution in [0.3, 0.4) is 0 Å². The van der Waals surface area contributed by atoms with E-state index in [9.17, 15) is 9.59 Å². The molecule has 1 N–H and O–H groups in total. The van der Waals surface area contributed by atoms with E-state index in [2.05, 4.69) is 5.32 Å². The van der Waals surface area contributed by atoms with E-state index in [0.717, 1.165) is 38.7 Å². The van der Waals surface area contributed by atoms with E-state index in [0.29, 0.717) is 25.5 Å². The van der Waals surface area contributed by atoms with Crippen LogP contribution in [-0.2, 0) is 14.3 Å². The molecule has 2 atom stereocenters. The van der Waals surface area contributed by atoms with Crippen molar-refractivity contribution in [2.24, 2.45) is 5.92 Å². The maximum Gasteiger partial charge on any atom is 0.249 e. The first-order valence-corrected chi connectivity index (χ1v) is 8.24. The molecule has 5 heteroatoms. The van der Waals surface area contributed by atoms with Gasteiger partial charge in [-0.25, -0.2) is 0 Å². The van der Waals surface area contributed by atoms with E-state index < -0.39 is 11.1 Å². The minimum atomic E-state index is -0.715. The number of rotatable bonds is 3. The average molecular weight is 294 g/mol. The van der Waals surface area contributed by atoms with Crippen molar-refractivity contribution in [3.8, 4) is 0 Å². The molecule has 2 unspecified atom stereocenters. The molecule has 3 aliphatic rings. The molecule has 2 amide bonds. The molecule has 0 bridgehead atoms. The number of hydrogen-bond acceptors (Lipinski definition) is 3. The summed E-state index contributed by atoms with van der Waals surface area (Å²) in [7, 11) is 0. The molecule has 0 aromatic heterocycles. The van der Waals surface area contributed by atoms with E-state index in [1.165, 1.54) is 0 Å². The van der Waals surface area contributed by atoms with Crippen LogP contribution in [0.1, 0.15) is 52.4 Å². The quantitative estimate of drug-likeness (QED) is 0.857. The van der Waals surface area contributed by atoms with Crippen LogP contribution in [0.25, 0.3) is 0 Å². The van der Waals surface area contributed by atoms with Gasteiger partial charge in [-0.3, -0.25) is 9.59 Å². The highest BCUT2D eigenvalue weighted by atomic mass is 16.5. The Hall–Kier alpha value is -1.10. The molecule has 5 nitrogen and oxygen atoms in total. The number of ether oxygens (including phenoxy) is 1. The number of carbonyl (C=O) groups excluding carboxylic acids is 2. The van der Waals surface area contributed by atoms with Gasteiger partial charge in [-0.1, -0.05) is 19.8 Å². The minimum Gasteiger partial charge on any atom is -0.381 e. The lowest BCUT2D eigenvalue weighted by molar-refractivity contribution is -0.163. The van der Waals surface area contributed by atoms with Gasteiger partial charge in [-0.05, 0) is 32.6 Å². The van der Waals surface area contributed by atoms with Crippen molar-refractivity contribution in [1.29, 1.82) is 0 Å². The molecule has 0 aromatic rings. The molecule has 1 aliphatic carbocycles. The van der Waals surface area contributed by atoms with Gasteiger partial charge in [0, 0.05) is 19.1 Å². The van der Waals surface area contributed by atoms with Gasteiger partial charge in [-0.2, -0.15) is 0 Å². The summed E-state index contributed by atoms with van der Waals surface area (Å²) in [6.45, 7) is 6.01. The Labute approximate surface area is 126 Å². The minimum absolute atomic E-state index is 0.0189. The van der Waals surface area contributed by atoms with Gasteiger partial charge >= 0.3 is 0 Å². The molecule has 2 saturated heterocycles. The second-order valence-electron chi connectivity index (χ2n) is 7.02. The lowest BCUT2D eigenvalue weighted by Gasteiger charge is -2.50. The van der Waals surface area contributed by atoms with Crippen LogP contribution >= 0.6 is 0 Å². The van der Waals surface area contributed by atoms with Crippen LogP contribution in [0.2, 0.25) is 0 Å². The monoisotopic (exact) mass is 294 g/mol. The third-order valence-corrected chi connectivity index (χ3v) is 5.70. The van der Waals surface area contributed by atoms with Gasteiger partial charge in [0.15, 0.2) is 0 Å². The van der Waals surface area contributed by atoms with Crippen molar-refractivity contribution in [2.45, 2.75) is 63.5 Å². The normalized spacial score (nSPS) is 35.5. The van der Waals surface area contributed by atoms with Gasteiger partial charge in [0.05, 0.1) is 6.61 Å². The third-order valence-electron chi connectivity index (χ3n) is 5.70. The van der Waals surface area contributed by atoms with Crippen LogP contribution in [-0.4, -0.2) is 47.6 Å². The fourth-order valence-electron chi connectivity index (χ4n) is 3.95. The predicted molar refractivity (Wildman–Crippen MR) is 78.7 cm³/mol. The smallest absolute Gasteiger partial charge is 0.249 e. The third kappa shape index (κ3) is 2.26. The van der Waals surface area contributed by atoms with Crippen molar-refractivity contribution in [2.75, 3.05) is 19.8 Å². The van der Waals surface area contributed by atoms with Crippen LogP contribution in [0.15, 0.2) is 0 Å². The van der Waals surface area contributed by atoms with E-state index >= 15 is 0 Å². The molecule has 1 spiro atoms. The van der Waals surface area contributed by atoms with Crippen LogP contribution in [0.4, 0.5) is 0 Å². The van der Waals surface area contributed by atoms with Crippen molar-refractivity contribution < 1.29 is 14.3 Å². The Kier molecular flexibility index (Phi) is 3.72. The molecular weight excluding hydrogens is 268 g/mol. The molecule has 1 saturated carbocycles. The highest BCUT2D eigenvalue weighted by molar-refractivity contribution is 6.02. The Morgan fingerprint density at radius 3 is 2.62 bits per heavy atom. The number of piperazine rings is 1. The summed E-state index contributed by atoms with van der Waals surface area (Å²) < 4.78 is 5.44. The SMILES string of the molecule is CCC1(C)C(=O)NC2(CCCC2)C(=O)N1CC1CCOC1. The van der Waals surface area contributed by atoms with Crippen LogP contribution < -0.4 is 5.32 Å². The van der Waals surface area contributed by atoms with E-state index in [-0.39, 0.29) is 11.8 Å². The standard InChI is InChI=1S/C16H26N2O3/c1-3-15(2)13(19)17-16(7-4-5-8-16)14(20)18(15)10-12-6-9-21-11-12/h12H,3-11H2,1-2H3,(H,17,19). The van der Waals surface area contributed by atoms with Gasteiger partial charge in [-0.15, -0.1) is 0 Å². The first-order valence-electron chi connectivity index (χ1n) is 8.24. The Balaban J connectivity index is 1.89. The number of amides is 2. The summed E-state index contributed by atoms with van der Waals surface area (Å²) in [5, 5.41) is 3.08. The number of nitrogens with one attached hydrogen (secondary N) is 1. The summed E-state index contributed by atoms with van der Waals surface area (Å²) in [4.78, 5) is 27.7. The second-order valence-corrected chi connectivity index (χ2v) is 7.02. The summed E-state index contributed by atoms with van der Waals surface area (Å²) in [5.74, 6) is 0.519. The molecular formula is C16H26N2O3. The number of carbonyl (C=O) groups is 2. The lowest BCUT2D eigenvalue weighted by Crippen LogP contribution is -2.74. The van der Waals surface area contributed by atoms with E-state index in [1.54, 1.807) is 0 Å². The van der Waals surface area contributed by atoms with Gasteiger partial charge in [0.25, 0.3) is 0 Å². The van der Waals surface area contributed by atoms with E-state index in [4.69, 9.17) is 4.74 Å². The summed E-state index contributed by atoms with van der Waals surface area (Å²) in [6, 6.07) is 0. The van der Waals surface area contributed by atoms with Gasteiger partial charge < -0.3 is 15.0 Å². The fraction of sp³-hybridized carbons (Fsp3) is 0.875. The average Bonchev–Trinajstić information content (AvgIpc) is 3.14. The zero-order valence-corrected chi connectivity index (χ0v) is 13.1. The number of hydrogen-bond donors (Lipinski definition) is 1. The van der Waals surface area contributed by atoms with Crippen LogP contribution in [0.5, 0.6) is 0 Å². The molecule has 2 heterocycles. The second kappa shape index (κ2) is 5.27. The van der Waals surface area contributed by atoms with Gasteiger partial charge in [0.1, 0.15) is 11.1 Å². The molecule has 21 heavy (non-hydrogen) atoms. The predicted octanol–water partition coefficient (Wildman–Crippen LogP) is 1.46. The Morgan fingerprint density at radius 1 is 1.33 bits per heavy atom. The molecule has 0 aromatic carbocycles. The molecule has 118 valence electrons. The first-order chi connectivity index (χ1) is 10.0. The zero-order chi connectivity index (χ0) is 15.1. The van der Waals surface area contributed by atoms with Crippen molar-refractivity contribution in [3.63, 3.8) is 0 Å². The topological polar surface area (TPSA) is 58.6 Å². The maximum absolute atomic E-state index is 13.1. The van der Waals surface area contributed by atoms with Crippen molar-refractivity contribution >= 4 is 11.8 Å². The highest BCUT2D eigenvalue weighted by Gasteiger charge is 2.56. The fourth-order valence-corrected chi connectivity index (χ4v) is 3.95. The molecule has 2 aliphatic heterocycles. The van der Waals surface area contributed by atoms with Gasteiger partial charge in [0.2, 0.25) is 11.8 Å². The summed E-state index contributed by atoms with van der Waals surface area (Å²) >= 11 is 0. The Morgan fingerprint density at radius 2 is 2.05 bits per heavy atom. The maximum atomic E-state index is 13.1. The lowest BCUT2D eigenvalue weighted by atomic mass is 9.82. The molecule has 3 rings (SSSR count). The van der Waals surface area contributed by atoms with Crippen molar-refractivity contribution in [1.82, 2.24) is 10.2 Å². The van der Waals surface area contributed by atoms with Crippen molar-refractivity contribution in [3.05, 3.63) is 0 Å². The summed E-state index contributed by atoms with van der Waals surface area (Å²) in [5.41, 5.74) is -1.33. The van der Waals surface area contributed by atoms with Crippen LogP contribution in [0, 0.1) is 5.92 Å². The zero-order valence-electron chi connectivity index (χ0n) is 13.1. The first kappa shape index (κ1) is 14.8. The highest BCUT2D eigenvalue weighted by Crippen LogP contribution is 2.39. The molecule has 3 fully saturated rings. The Bertz CT molecular complexity index is 439. The summed E-state index contributed by atoms with van der Waals surface area (Å²) in [6.07, 6.45) is 5.25. The number of nitrogens with zero attached hydrogens (tertiary/aromatic N) is 1. The van der Waals surface area contributed by atoms with E-state index in [1.807, 2.05) is 18.7 Å².